The molecule has 0 aromatic rings. The van der Waals surface area contributed by atoms with Gasteiger partial charge >= 0.3 is 0 Å². The quantitative estimate of drug-likeness (QED) is 0.113. The molecule has 0 aromatic carbocycles. The van der Waals surface area contributed by atoms with Crippen LogP contribution in [0.4, 0.5) is 0 Å². The zero-order valence-electron chi connectivity index (χ0n) is 40.7. The molecule has 0 aliphatic carbocycles. The van der Waals surface area contributed by atoms with Gasteiger partial charge in [0.05, 0.1) is 64.4 Å². The van der Waals surface area contributed by atoms with Crippen LogP contribution in [0.5, 0.6) is 0 Å². The Balaban J connectivity index is 1.08. The molecule has 77 heavy (non-hydrogen) atoms. The van der Waals surface area contributed by atoms with Gasteiger partial charge in [-0.05, 0) is 0 Å². The smallest absolute Gasteiger partial charge is 0.187 e. The number of ether oxygens (including phenoxy) is 14. The van der Waals surface area contributed by atoms with Crippen molar-refractivity contribution in [2.75, 3.05) is 46.2 Å². The average molecular weight is 1130 g/mol. The van der Waals surface area contributed by atoms with E-state index in [1.165, 1.54) is 0 Å². The summed E-state index contributed by atoms with van der Waals surface area (Å²) in [5.74, 6) is 0. The molecule has 21 rings (SSSR count). The number of aliphatic hydroxyl groups excluding tert-OH is 18. The molecule has 21 saturated heterocycles. The molecular weight excluding hydrogens is 1060 g/mol. The first kappa shape index (κ1) is 61.7. The second-order valence-electron chi connectivity index (χ2n) is 19.9. The van der Waals surface area contributed by atoms with E-state index in [9.17, 15) is 91.9 Å². The fourth-order valence-electron chi connectivity index (χ4n) is 10.6. The second-order valence-corrected chi connectivity index (χ2v) is 19.9. The number of hydrogen-bond donors (Lipinski definition) is 21. The van der Waals surface area contributed by atoms with E-state index in [4.69, 9.17) is 83.5 Å². The summed E-state index contributed by atoms with van der Waals surface area (Å²) in [5.41, 5.74) is 19.1. The van der Waals surface area contributed by atoms with Gasteiger partial charge in [-0.3, -0.25) is 0 Å². The van der Waals surface area contributed by atoms with Gasteiger partial charge in [0.25, 0.3) is 0 Å². The first-order chi connectivity index (χ1) is 36.7. The third-order valence-electron chi connectivity index (χ3n) is 15.0. The summed E-state index contributed by atoms with van der Waals surface area (Å²) in [7, 11) is 0. The van der Waals surface area contributed by atoms with Gasteiger partial charge in [-0.25, -0.2) is 0 Å². The lowest BCUT2D eigenvalue weighted by Crippen LogP contribution is -2.70. The zero-order chi connectivity index (χ0) is 56.1. The van der Waals surface area contributed by atoms with Crippen molar-refractivity contribution < 1.29 is 158 Å². The van der Waals surface area contributed by atoms with Crippen LogP contribution in [0.25, 0.3) is 0 Å². The van der Waals surface area contributed by atoms with Crippen molar-refractivity contribution in [3.63, 3.8) is 0 Å². The van der Waals surface area contributed by atoms with E-state index in [0.717, 1.165) is 0 Å². The second kappa shape index (κ2) is 26.0. The molecule has 14 bridgehead atoms. The number of hydrogen-bond acceptors (Lipinski definition) is 35. The molecule has 0 aromatic heterocycles. The Labute approximate surface area is 436 Å². The Bertz CT molecular complexity index is 1480. The van der Waals surface area contributed by atoms with Crippen molar-refractivity contribution in [2.45, 2.75) is 215 Å². The molecule has 0 radical (unpaired) electrons. The molecule has 35 heteroatoms. The van der Waals surface area contributed by atoms with E-state index in [2.05, 4.69) is 0 Å². The van der Waals surface area contributed by atoms with Crippen LogP contribution in [-0.4, -0.2) is 353 Å². The van der Waals surface area contributed by atoms with Gasteiger partial charge < -0.3 is 175 Å². The van der Waals surface area contributed by atoms with E-state index < -0.39 is 261 Å². The Morgan fingerprint density at radius 3 is 0.506 bits per heavy atom. The van der Waals surface area contributed by atoms with Crippen molar-refractivity contribution in [1.29, 1.82) is 0 Å². The predicted octanol–water partition coefficient (Wildman–Crippen LogP) is -15.3. The van der Waals surface area contributed by atoms with Crippen LogP contribution in [0.15, 0.2) is 0 Å². The molecule has 0 amide bonds. The lowest BCUT2D eigenvalue weighted by molar-refractivity contribution is -0.389. The van der Waals surface area contributed by atoms with Crippen molar-refractivity contribution >= 4 is 0 Å². The summed E-state index contributed by atoms with van der Waals surface area (Å²) >= 11 is 0. The Morgan fingerprint density at radius 2 is 0.338 bits per heavy atom. The van der Waals surface area contributed by atoms with Gasteiger partial charge in [-0.2, -0.15) is 0 Å². The summed E-state index contributed by atoms with van der Waals surface area (Å²) in [6, 6.07) is -4.93. The minimum Gasteiger partial charge on any atom is -0.394 e. The van der Waals surface area contributed by atoms with E-state index in [1.807, 2.05) is 0 Å². The average Bonchev–Trinajstić information content (AvgIpc) is 3.45. The summed E-state index contributed by atoms with van der Waals surface area (Å²) in [6.07, 6.45) is -59.8. The summed E-state index contributed by atoms with van der Waals surface area (Å²) in [6.45, 7) is -6.79. The van der Waals surface area contributed by atoms with Crippen molar-refractivity contribution in [2.24, 2.45) is 17.2 Å². The van der Waals surface area contributed by atoms with Gasteiger partial charge in [0.2, 0.25) is 0 Å². The Hall–Kier alpha value is -1.40. The van der Waals surface area contributed by atoms with E-state index in [-0.39, 0.29) is 0 Å². The van der Waals surface area contributed by atoms with Crippen molar-refractivity contribution in [1.82, 2.24) is 0 Å². The lowest BCUT2D eigenvalue weighted by Gasteiger charge is -2.50. The van der Waals surface area contributed by atoms with Crippen LogP contribution in [0.3, 0.4) is 0 Å². The van der Waals surface area contributed by atoms with Crippen LogP contribution in [0.1, 0.15) is 0 Å². The largest absolute Gasteiger partial charge is 0.394 e. The molecule has 35 nitrogen and oxygen atoms in total. The summed E-state index contributed by atoms with van der Waals surface area (Å²) < 4.78 is 80.9. The first-order valence-corrected chi connectivity index (χ1v) is 24.8. The molecule has 0 spiro atoms. The topological polar surface area (TPSA) is 571 Å². The third kappa shape index (κ3) is 12.1. The molecule has 448 valence electrons. The van der Waals surface area contributed by atoms with Crippen molar-refractivity contribution in [3.8, 4) is 0 Å². The highest BCUT2D eigenvalue weighted by molar-refractivity contribution is 5.03. The monoisotopic (exact) mass is 1130 g/mol. The molecule has 21 aliphatic rings. The molecule has 0 unspecified atom stereocenters. The third-order valence-corrected chi connectivity index (χ3v) is 15.0. The van der Waals surface area contributed by atoms with Crippen LogP contribution < -0.4 is 17.2 Å². The molecular formula is C42H73N3O32. The van der Waals surface area contributed by atoms with Crippen LogP contribution in [-0.2, 0) is 66.3 Å². The van der Waals surface area contributed by atoms with Gasteiger partial charge in [0.15, 0.2) is 44.0 Å². The number of nitrogens with two attached hydrogens (primary N) is 3. The van der Waals surface area contributed by atoms with Crippen LogP contribution in [0.2, 0.25) is 0 Å². The molecule has 0 saturated carbocycles. The maximum absolute atomic E-state index is 11.4. The number of rotatable bonds is 7. The number of aliphatic hydroxyl groups is 18. The van der Waals surface area contributed by atoms with Gasteiger partial charge in [0, 0.05) is 0 Å². The first-order valence-electron chi connectivity index (χ1n) is 24.8. The van der Waals surface area contributed by atoms with Gasteiger partial charge in [0.1, 0.15) is 153 Å². The van der Waals surface area contributed by atoms with Gasteiger partial charge in [-0.15, -0.1) is 0 Å². The minimum absolute atomic E-state index is 0.943. The van der Waals surface area contributed by atoms with Crippen LogP contribution in [0, 0.1) is 0 Å². The van der Waals surface area contributed by atoms with Crippen molar-refractivity contribution in [3.05, 3.63) is 0 Å². The van der Waals surface area contributed by atoms with E-state index >= 15 is 0 Å². The van der Waals surface area contributed by atoms with Crippen LogP contribution >= 0.6 is 0 Å². The Kier molecular flexibility index (Phi) is 20.8. The normalized spacial score (nSPS) is 55.4. The molecule has 21 fully saturated rings. The molecule has 21 aliphatic heterocycles. The van der Waals surface area contributed by atoms with E-state index in [0.29, 0.717) is 0 Å². The fourth-order valence-corrected chi connectivity index (χ4v) is 10.6. The zero-order valence-corrected chi connectivity index (χ0v) is 40.7. The maximum atomic E-state index is 11.4. The Morgan fingerprint density at radius 1 is 0.195 bits per heavy atom. The summed E-state index contributed by atoms with van der Waals surface area (Å²) in [4.78, 5) is 0. The van der Waals surface area contributed by atoms with Gasteiger partial charge in [-0.1, -0.05) is 0 Å². The SMILES string of the molecule is N[C@@H]1[C@@H](O)[C@H]2O[C@H]3[C@H](O)[C@@H](O)[C@@H](O[C@H]4[C@H](N)[C@@H](O)[C@@H](O[C@H]5[C@H](O)[C@@H](O)[C@@H](O[C@H]6[C@H](O)[C@@H](O)[C@@H](O[C@H]7[C@H](N)[C@@H](O)[C@@H](O[C@H]8[C@H](O)[C@@H](O)[C@@H](O[C@@H]1[C@@H](CO)O2)O[C@@H]8CO)O[C@@H]7CO)O[C@@H]6CO)O[C@@H]5CO)O[C@@H]4CO)O[C@@H]3CO. The summed E-state index contributed by atoms with van der Waals surface area (Å²) in [5, 5.41) is 198. The molecule has 21 heterocycles. The fraction of sp³-hybridized carbons (Fsp3) is 1.00. The highest BCUT2D eigenvalue weighted by Crippen LogP contribution is 2.38. The highest BCUT2D eigenvalue weighted by atomic mass is 16.8. The molecule has 24 N–H and O–H groups in total. The predicted molar refractivity (Wildman–Crippen MR) is 234 cm³/mol. The van der Waals surface area contributed by atoms with E-state index in [1.54, 1.807) is 0 Å². The lowest BCUT2D eigenvalue weighted by atomic mass is 9.94. The standard InChI is InChI=1S/C42H73N3O32/c43-15-18(53)36-64-8(1-46)29(15)71-39-25(60)21(56)33(12(5-50)67-39)75-37-19(54)16(44)31(10(3-48)65-37)73-41-27(62)23(58)35(14(7-52)69-41)77-42-28(63)24(59)34(13(6-51)70-42)76-38-20(55)17(45)30(9(2-47)66-38)72-40-26(61)22(57)32(74-36)11(4-49)68-40/h8-42,46-63H,1-7,43-45H2/t8-,9-,10-,11-,12-,13-,14-,15-,16-,17-,18-,19-,20-,21-,22-,23-,24-,25-,26-,27-,28-,29-,30-,31-,32-,33-,34-,35-,36-,37-,38-,39-,40-,41-,42-/m1/s1. The molecule has 35 atom stereocenters. The minimum atomic E-state index is -2.15. The highest BCUT2D eigenvalue weighted by Gasteiger charge is 2.59. The maximum Gasteiger partial charge on any atom is 0.187 e.